The quantitative estimate of drug-likeness (QED) is 0.275. The monoisotopic (exact) mass is 388 g/mol. The second-order valence-electron chi connectivity index (χ2n) is 6.82. The largest absolute Gasteiger partial charge is 1.00 e. The normalized spacial score (nSPS) is 10.3. The molecule has 0 aliphatic rings. The van der Waals surface area contributed by atoms with Crippen LogP contribution in [-0.2, 0) is 27.2 Å². The Morgan fingerprint density at radius 2 is 0.880 bits per heavy atom. The summed E-state index contributed by atoms with van der Waals surface area (Å²) in [5.41, 5.74) is 0. The SMILES string of the molecule is C[n+]1ccn(CCCCCCCCCCCn2cc[n+](C)c2)c1.[Cl-].[Cl-]. The fraction of sp³-hybridized carbons (Fsp3) is 0.684. The predicted molar refractivity (Wildman–Crippen MR) is 92.8 cm³/mol. The van der Waals surface area contributed by atoms with E-state index >= 15 is 0 Å². The minimum Gasteiger partial charge on any atom is -1.00 e. The molecule has 2 rings (SSSR count). The lowest BCUT2D eigenvalue weighted by atomic mass is 10.1. The van der Waals surface area contributed by atoms with Gasteiger partial charge in [0.1, 0.15) is 24.8 Å². The number of aromatic nitrogens is 4. The summed E-state index contributed by atoms with van der Waals surface area (Å²) in [4.78, 5) is 0. The van der Waals surface area contributed by atoms with Crippen molar-refractivity contribution >= 4 is 0 Å². The smallest absolute Gasteiger partial charge is 0.243 e. The molecular formula is C19H34Cl2N4. The van der Waals surface area contributed by atoms with E-state index in [0.717, 1.165) is 13.1 Å². The summed E-state index contributed by atoms with van der Waals surface area (Å²) >= 11 is 0. The van der Waals surface area contributed by atoms with E-state index in [1.807, 2.05) is 0 Å². The molecule has 0 spiro atoms. The van der Waals surface area contributed by atoms with Gasteiger partial charge in [0.15, 0.2) is 0 Å². The number of imidazole rings is 2. The van der Waals surface area contributed by atoms with Crippen LogP contribution in [0, 0.1) is 0 Å². The Labute approximate surface area is 165 Å². The van der Waals surface area contributed by atoms with Crippen LogP contribution in [0.2, 0.25) is 0 Å². The van der Waals surface area contributed by atoms with Crippen LogP contribution < -0.4 is 33.9 Å². The van der Waals surface area contributed by atoms with Crippen LogP contribution in [0.5, 0.6) is 0 Å². The molecule has 144 valence electrons. The molecule has 25 heavy (non-hydrogen) atoms. The fourth-order valence-electron chi connectivity index (χ4n) is 3.09. The van der Waals surface area contributed by atoms with Gasteiger partial charge in [-0.3, -0.25) is 0 Å². The van der Waals surface area contributed by atoms with Crippen molar-refractivity contribution in [3.8, 4) is 0 Å². The van der Waals surface area contributed by atoms with E-state index in [2.05, 4.69) is 69.8 Å². The molecule has 4 nitrogen and oxygen atoms in total. The molecule has 0 radical (unpaired) electrons. The van der Waals surface area contributed by atoms with Crippen molar-refractivity contribution in [1.29, 1.82) is 0 Å². The molecule has 2 heterocycles. The first-order chi connectivity index (χ1) is 11.2. The summed E-state index contributed by atoms with van der Waals surface area (Å²) < 4.78 is 8.78. The van der Waals surface area contributed by atoms with Crippen molar-refractivity contribution in [3.63, 3.8) is 0 Å². The fourth-order valence-corrected chi connectivity index (χ4v) is 3.09. The first-order valence-corrected chi connectivity index (χ1v) is 9.26. The molecule has 0 amide bonds. The number of hydrogen-bond donors (Lipinski definition) is 0. The highest BCUT2D eigenvalue weighted by atomic mass is 35.5. The van der Waals surface area contributed by atoms with Gasteiger partial charge < -0.3 is 24.8 Å². The van der Waals surface area contributed by atoms with Crippen LogP contribution in [-0.4, -0.2) is 9.13 Å². The van der Waals surface area contributed by atoms with E-state index in [4.69, 9.17) is 0 Å². The standard InChI is InChI=1S/C19H34N4.2ClH/c1-20-14-16-22(18-20)12-10-8-6-4-3-5-7-9-11-13-23-17-15-21(2)19-23;;/h14-19H,3-13H2,1-2H3;2*1H/q+2;;/p-2. The Balaban J connectivity index is 0.00000288. The molecule has 0 saturated carbocycles. The van der Waals surface area contributed by atoms with Gasteiger partial charge in [0, 0.05) is 0 Å². The summed E-state index contributed by atoms with van der Waals surface area (Å²) in [6.07, 6.45) is 25.2. The number of hydrogen-bond acceptors (Lipinski definition) is 0. The lowest BCUT2D eigenvalue weighted by Crippen LogP contribution is -3.00. The molecule has 0 saturated heterocycles. The zero-order valence-corrected chi connectivity index (χ0v) is 17.3. The second kappa shape index (κ2) is 14.2. The molecule has 2 aromatic heterocycles. The van der Waals surface area contributed by atoms with E-state index < -0.39 is 0 Å². The van der Waals surface area contributed by atoms with Crippen LogP contribution in [0.3, 0.4) is 0 Å². The van der Waals surface area contributed by atoms with Crippen molar-refractivity contribution < 1.29 is 33.9 Å². The van der Waals surface area contributed by atoms with Crippen LogP contribution in [0.1, 0.15) is 57.8 Å². The first-order valence-electron chi connectivity index (χ1n) is 9.26. The summed E-state index contributed by atoms with van der Waals surface area (Å²) in [5.74, 6) is 0. The van der Waals surface area contributed by atoms with Gasteiger partial charge in [-0.25, -0.2) is 18.3 Å². The molecule has 2 aromatic rings. The highest BCUT2D eigenvalue weighted by Gasteiger charge is 2.00. The van der Waals surface area contributed by atoms with E-state index in [1.165, 1.54) is 57.8 Å². The molecule has 0 aromatic carbocycles. The molecule has 0 fully saturated rings. The van der Waals surface area contributed by atoms with E-state index in [1.54, 1.807) is 0 Å². The van der Waals surface area contributed by atoms with Gasteiger partial charge in [-0.15, -0.1) is 0 Å². The zero-order valence-electron chi connectivity index (χ0n) is 15.8. The number of unbranched alkanes of at least 4 members (excludes halogenated alkanes) is 8. The lowest BCUT2D eigenvalue weighted by molar-refractivity contribution is -0.671. The molecule has 0 bridgehead atoms. The maximum absolute atomic E-state index is 2.28. The highest BCUT2D eigenvalue weighted by molar-refractivity contribution is 4.66. The highest BCUT2D eigenvalue weighted by Crippen LogP contribution is 2.10. The van der Waals surface area contributed by atoms with E-state index in [0.29, 0.717) is 0 Å². The topological polar surface area (TPSA) is 17.6 Å². The average molecular weight is 389 g/mol. The summed E-state index contributed by atoms with van der Waals surface area (Å²) in [6.45, 7) is 2.33. The Hall–Kier alpha value is -1.00. The van der Waals surface area contributed by atoms with Crippen molar-refractivity contribution in [3.05, 3.63) is 37.4 Å². The van der Waals surface area contributed by atoms with Gasteiger partial charge in [-0.2, -0.15) is 0 Å². The minimum atomic E-state index is 0. The van der Waals surface area contributed by atoms with Crippen molar-refractivity contribution in [2.24, 2.45) is 14.1 Å². The lowest BCUT2D eigenvalue weighted by Gasteiger charge is -2.02. The number of rotatable bonds is 12. The average Bonchev–Trinajstić information content (AvgIpc) is 3.13. The van der Waals surface area contributed by atoms with E-state index in [-0.39, 0.29) is 24.8 Å². The Kier molecular flexibility index (Phi) is 13.6. The van der Waals surface area contributed by atoms with Crippen molar-refractivity contribution in [2.75, 3.05) is 0 Å². The molecule has 0 atom stereocenters. The van der Waals surface area contributed by atoms with Gasteiger partial charge in [0.25, 0.3) is 0 Å². The Morgan fingerprint density at radius 1 is 0.560 bits per heavy atom. The van der Waals surface area contributed by atoms with Gasteiger partial charge in [0.05, 0.1) is 27.2 Å². The maximum atomic E-state index is 2.28. The first kappa shape index (κ1) is 24.0. The van der Waals surface area contributed by atoms with Crippen LogP contribution in [0.25, 0.3) is 0 Å². The molecule has 0 aliphatic carbocycles. The molecule has 0 aliphatic heterocycles. The predicted octanol–water partition coefficient (Wildman–Crippen LogP) is -2.84. The van der Waals surface area contributed by atoms with Gasteiger partial charge >= 0.3 is 0 Å². The zero-order chi connectivity index (χ0) is 16.3. The third-order valence-corrected chi connectivity index (χ3v) is 4.48. The van der Waals surface area contributed by atoms with Crippen molar-refractivity contribution in [2.45, 2.75) is 70.9 Å². The number of nitrogens with zero attached hydrogens (tertiary/aromatic N) is 4. The molecule has 0 N–H and O–H groups in total. The third-order valence-electron chi connectivity index (χ3n) is 4.48. The maximum Gasteiger partial charge on any atom is 0.243 e. The Morgan fingerprint density at radius 3 is 1.16 bits per heavy atom. The minimum absolute atomic E-state index is 0. The Bertz CT molecular complexity index is 503. The van der Waals surface area contributed by atoms with Crippen LogP contribution in [0.4, 0.5) is 0 Å². The molecule has 6 heteroatoms. The van der Waals surface area contributed by atoms with Crippen LogP contribution in [0.15, 0.2) is 37.4 Å². The number of aryl methyl sites for hydroxylation is 4. The summed E-state index contributed by atoms with van der Waals surface area (Å²) in [6, 6.07) is 0. The third kappa shape index (κ3) is 10.6. The van der Waals surface area contributed by atoms with Crippen molar-refractivity contribution in [1.82, 2.24) is 9.13 Å². The van der Waals surface area contributed by atoms with Gasteiger partial charge in [0.2, 0.25) is 12.7 Å². The molecule has 0 unspecified atom stereocenters. The second-order valence-corrected chi connectivity index (χ2v) is 6.82. The summed E-state index contributed by atoms with van der Waals surface area (Å²) in [7, 11) is 4.16. The van der Waals surface area contributed by atoms with Gasteiger partial charge in [-0.05, 0) is 25.7 Å². The summed E-state index contributed by atoms with van der Waals surface area (Å²) in [5, 5.41) is 0. The van der Waals surface area contributed by atoms with E-state index in [9.17, 15) is 0 Å². The number of halogens is 2. The van der Waals surface area contributed by atoms with Gasteiger partial charge in [-0.1, -0.05) is 32.1 Å². The van der Waals surface area contributed by atoms with Crippen LogP contribution >= 0.6 is 0 Å². The molecular weight excluding hydrogens is 355 g/mol.